The average Bonchev–Trinajstić information content (AvgIpc) is 2.50. The zero-order valence-electron chi connectivity index (χ0n) is 8.49. The molecule has 2 N–H and O–H groups in total. The fourth-order valence-corrected chi connectivity index (χ4v) is 1.31. The van der Waals surface area contributed by atoms with Crippen LogP contribution < -0.4 is 10.6 Å². The molecular formula is C8H17N5. The SMILES string of the molecule is CCN(CC)c1nnc(CN)n1C. The number of aromatic nitrogens is 3. The largest absolute Gasteiger partial charge is 0.341 e. The van der Waals surface area contributed by atoms with Gasteiger partial charge in [-0.3, -0.25) is 4.57 Å². The van der Waals surface area contributed by atoms with Crippen molar-refractivity contribution in [1.82, 2.24) is 14.8 Å². The third kappa shape index (κ3) is 1.80. The first-order valence-electron chi connectivity index (χ1n) is 4.57. The lowest BCUT2D eigenvalue weighted by atomic mass is 10.5. The van der Waals surface area contributed by atoms with E-state index in [2.05, 4.69) is 28.9 Å². The summed E-state index contributed by atoms with van der Waals surface area (Å²) in [6, 6.07) is 0. The smallest absolute Gasteiger partial charge is 0.226 e. The van der Waals surface area contributed by atoms with Gasteiger partial charge in [-0.05, 0) is 13.8 Å². The molecule has 0 aliphatic heterocycles. The van der Waals surface area contributed by atoms with E-state index in [1.54, 1.807) is 0 Å². The molecule has 0 spiro atoms. The van der Waals surface area contributed by atoms with Crippen LogP contribution in [0.2, 0.25) is 0 Å². The Morgan fingerprint density at radius 1 is 1.31 bits per heavy atom. The van der Waals surface area contributed by atoms with E-state index in [0.717, 1.165) is 24.9 Å². The highest BCUT2D eigenvalue weighted by Gasteiger charge is 2.11. The lowest BCUT2D eigenvalue weighted by Gasteiger charge is -2.18. The van der Waals surface area contributed by atoms with Crippen LogP contribution in [0.25, 0.3) is 0 Å². The van der Waals surface area contributed by atoms with Gasteiger partial charge in [0.1, 0.15) is 5.82 Å². The summed E-state index contributed by atoms with van der Waals surface area (Å²) in [5, 5.41) is 8.08. The van der Waals surface area contributed by atoms with Crippen molar-refractivity contribution in [3.05, 3.63) is 5.82 Å². The van der Waals surface area contributed by atoms with Gasteiger partial charge in [-0.15, -0.1) is 10.2 Å². The van der Waals surface area contributed by atoms with Gasteiger partial charge >= 0.3 is 0 Å². The van der Waals surface area contributed by atoms with Crippen molar-refractivity contribution in [1.29, 1.82) is 0 Å². The van der Waals surface area contributed by atoms with Gasteiger partial charge < -0.3 is 10.6 Å². The highest BCUT2D eigenvalue weighted by Crippen LogP contribution is 2.09. The second-order valence-corrected chi connectivity index (χ2v) is 2.85. The molecule has 13 heavy (non-hydrogen) atoms. The van der Waals surface area contributed by atoms with Crippen molar-refractivity contribution >= 4 is 5.95 Å². The summed E-state index contributed by atoms with van der Waals surface area (Å²) in [5.41, 5.74) is 5.51. The molecule has 0 atom stereocenters. The topological polar surface area (TPSA) is 60.0 Å². The molecule has 0 saturated carbocycles. The highest BCUT2D eigenvalue weighted by atomic mass is 15.4. The van der Waals surface area contributed by atoms with Gasteiger partial charge in [0.15, 0.2) is 0 Å². The molecule has 74 valence electrons. The Labute approximate surface area is 78.5 Å². The normalized spacial score (nSPS) is 10.5. The lowest BCUT2D eigenvalue weighted by Crippen LogP contribution is -2.25. The zero-order valence-corrected chi connectivity index (χ0v) is 8.49. The second-order valence-electron chi connectivity index (χ2n) is 2.85. The van der Waals surface area contributed by atoms with Gasteiger partial charge in [-0.1, -0.05) is 0 Å². The zero-order chi connectivity index (χ0) is 9.84. The summed E-state index contributed by atoms with van der Waals surface area (Å²) in [6.45, 7) is 6.51. The van der Waals surface area contributed by atoms with Gasteiger partial charge in [-0.25, -0.2) is 0 Å². The van der Waals surface area contributed by atoms with E-state index in [1.165, 1.54) is 0 Å². The first-order valence-corrected chi connectivity index (χ1v) is 4.57. The first kappa shape index (κ1) is 9.98. The summed E-state index contributed by atoms with van der Waals surface area (Å²) < 4.78 is 1.94. The van der Waals surface area contributed by atoms with Crippen LogP contribution in [0.4, 0.5) is 5.95 Å². The molecule has 5 nitrogen and oxygen atoms in total. The van der Waals surface area contributed by atoms with Crippen LogP contribution in [-0.4, -0.2) is 27.9 Å². The summed E-state index contributed by atoms with van der Waals surface area (Å²) in [5.74, 6) is 1.72. The summed E-state index contributed by atoms with van der Waals surface area (Å²) in [7, 11) is 1.94. The third-order valence-electron chi connectivity index (χ3n) is 2.17. The molecule has 0 aromatic carbocycles. The molecule has 0 aliphatic carbocycles. The fourth-order valence-electron chi connectivity index (χ4n) is 1.31. The van der Waals surface area contributed by atoms with Crippen molar-refractivity contribution in [2.24, 2.45) is 12.8 Å². The van der Waals surface area contributed by atoms with Crippen LogP contribution in [0.3, 0.4) is 0 Å². The van der Waals surface area contributed by atoms with Crippen molar-refractivity contribution in [3.8, 4) is 0 Å². The maximum atomic E-state index is 5.51. The van der Waals surface area contributed by atoms with Crippen molar-refractivity contribution < 1.29 is 0 Å². The Morgan fingerprint density at radius 3 is 2.31 bits per heavy atom. The monoisotopic (exact) mass is 183 g/mol. The van der Waals surface area contributed by atoms with Gasteiger partial charge in [0, 0.05) is 20.1 Å². The highest BCUT2D eigenvalue weighted by molar-refractivity contribution is 5.29. The Morgan fingerprint density at radius 2 is 1.92 bits per heavy atom. The molecule has 0 aliphatic rings. The van der Waals surface area contributed by atoms with Crippen LogP contribution >= 0.6 is 0 Å². The molecule has 0 unspecified atom stereocenters. The Balaban J connectivity index is 2.93. The number of rotatable bonds is 4. The molecule has 1 rings (SSSR count). The number of anilines is 1. The quantitative estimate of drug-likeness (QED) is 0.720. The molecule has 1 aromatic heterocycles. The van der Waals surface area contributed by atoms with Crippen molar-refractivity contribution in [2.75, 3.05) is 18.0 Å². The maximum Gasteiger partial charge on any atom is 0.226 e. The maximum absolute atomic E-state index is 5.51. The third-order valence-corrected chi connectivity index (χ3v) is 2.17. The van der Waals surface area contributed by atoms with E-state index in [9.17, 15) is 0 Å². The molecule has 5 heteroatoms. The first-order chi connectivity index (χ1) is 6.24. The minimum Gasteiger partial charge on any atom is -0.341 e. The van der Waals surface area contributed by atoms with E-state index in [1.807, 2.05) is 11.6 Å². The summed E-state index contributed by atoms with van der Waals surface area (Å²) >= 11 is 0. The van der Waals surface area contributed by atoms with Crippen LogP contribution in [0.5, 0.6) is 0 Å². The van der Waals surface area contributed by atoms with Crippen molar-refractivity contribution in [2.45, 2.75) is 20.4 Å². The predicted octanol–water partition coefficient (Wildman–Crippen LogP) is 0.120. The average molecular weight is 183 g/mol. The lowest BCUT2D eigenvalue weighted by molar-refractivity contribution is 0.746. The van der Waals surface area contributed by atoms with Gasteiger partial charge in [0.25, 0.3) is 0 Å². The number of hydrogen-bond donors (Lipinski definition) is 1. The molecular weight excluding hydrogens is 166 g/mol. The standard InChI is InChI=1S/C8H17N5/c1-4-13(5-2)8-11-10-7(6-9)12(8)3/h4-6,9H2,1-3H3. The molecule has 0 bridgehead atoms. The Bertz CT molecular complexity index is 263. The van der Waals surface area contributed by atoms with Crippen molar-refractivity contribution in [3.63, 3.8) is 0 Å². The summed E-state index contributed by atoms with van der Waals surface area (Å²) in [6.07, 6.45) is 0. The number of nitrogens with zero attached hydrogens (tertiary/aromatic N) is 4. The van der Waals surface area contributed by atoms with Crippen LogP contribution in [0.15, 0.2) is 0 Å². The minimum absolute atomic E-state index is 0.435. The molecule has 0 radical (unpaired) electrons. The number of nitrogens with two attached hydrogens (primary N) is 1. The van der Waals surface area contributed by atoms with E-state index in [4.69, 9.17) is 5.73 Å². The minimum atomic E-state index is 0.435. The van der Waals surface area contributed by atoms with Gasteiger partial charge in [0.2, 0.25) is 5.95 Å². The molecule has 1 heterocycles. The predicted molar refractivity (Wildman–Crippen MR) is 52.5 cm³/mol. The van der Waals surface area contributed by atoms with Gasteiger partial charge in [-0.2, -0.15) is 0 Å². The second kappa shape index (κ2) is 4.23. The van der Waals surface area contributed by atoms with Crippen LogP contribution in [0.1, 0.15) is 19.7 Å². The van der Waals surface area contributed by atoms with E-state index in [0.29, 0.717) is 6.54 Å². The van der Waals surface area contributed by atoms with Gasteiger partial charge in [0.05, 0.1) is 6.54 Å². The van der Waals surface area contributed by atoms with E-state index in [-0.39, 0.29) is 0 Å². The van der Waals surface area contributed by atoms with Crippen LogP contribution in [0, 0.1) is 0 Å². The van der Waals surface area contributed by atoms with E-state index >= 15 is 0 Å². The molecule has 1 aromatic rings. The number of hydrogen-bond acceptors (Lipinski definition) is 4. The summed E-state index contributed by atoms with van der Waals surface area (Å²) in [4.78, 5) is 2.14. The molecule has 0 fully saturated rings. The van der Waals surface area contributed by atoms with E-state index < -0.39 is 0 Å². The Kier molecular flexibility index (Phi) is 3.25. The van der Waals surface area contributed by atoms with Crippen LogP contribution in [-0.2, 0) is 13.6 Å². The molecule has 0 saturated heterocycles. The molecule has 0 amide bonds. The Hall–Kier alpha value is -1.10. The fraction of sp³-hybridized carbons (Fsp3) is 0.750.